The molecule has 0 N–H and O–H groups in total. The standard InChI is InChI=1S/C17H13F3N2OS/c18-12-5-2-1-4-11(12)10-24-17-21-8-9-22(17)16(23)15-13(19)6-3-7-14(15)20/h1-7H,8-10H2. The molecular formula is C17H13F3N2OS. The lowest BCUT2D eigenvalue weighted by atomic mass is 10.1. The number of rotatable bonds is 3. The minimum atomic E-state index is -0.912. The van der Waals surface area contributed by atoms with Crippen molar-refractivity contribution in [2.75, 3.05) is 13.1 Å². The molecule has 1 aliphatic heterocycles. The van der Waals surface area contributed by atoms with E-state index in [0.29, 0.717) is 17.3 Å². The summed E-state index contributed by atoms with van der Waals surface area (Å²) in [5.41, 5.74) is -0.125. The van der Waals surface area contributed by atoms with E-state index in [0.717, 1.165) is 23.9 Å². The minimum absolute atomic E-state index is 0.242. The zero-order valence-electron chi connectivity index (χ0n) is 12.5. The smallest absolute Gasteiger partial charge is 0.265 e. The lowest BCUT2D eigenvalue weighted by Crippen LogP contribution is -2.34. The molecular weight excluding hydrogens is 337 g/mol. The molecule has 7 heteroatoms. The first-order valence-corrected chi connectivity index (χ1v) is 8.23. The van der Waals surface area contributed by atoms with Crippen LogP contribution in [0.4, 0.5) is 13.2 Å². The maximum Gasteiger partial charge on any atom is 0.265 e. The molecule has 0 unspecified atom stereocenters. The van der Waals surface area contributed by atoms with Crippen molar-refractivity contribution in [1.29, 1.82) is 0 Å². The van der Waals surface area contributed by atoms with E-state index in [-0.39, 0.29) is 18.1 Å². The van der Waals surface area contributed by atoms with Gasteiger partial charge in [-0.25, -0.2) is 13.2 Å². The molecule has 124 valence electrons. The monoisotopic (exact) mass is 350 g/mol. The predicted molar refractivity (Wildman–Crippen MR) is 87.4 cm³/mol. The summed E-state index contributed by atoms with van der Waals surface area (Å²) in [5, 5.41) is 0.339. The second-order valence-corrected chi connectivity index (χ2v) is 6.04. The number of amides is 1. The van der Waals surface area contributed by atoms with Crippen LogP contribution in [-0.4, -0.2) is 29.1 Å². The fourth-order valence-corrected chi connectivity index (χ4v) is 3.36. The van der Waals surface area contributed by atoms with Gasteiger partial charge >= 0.3 is 0 Å². The second-order valence-electron chi connectivity index (χ2n) is 5.10. The highest BCUT2D eigenvalue weighted by Crippen LogP contribution is 2.24. The number of aliphatic imine (C=N–C) groups is 1. The maximum atomic E-state index is 13.8. The molecule has 3 rings (SSSR count). The van der Waals surface area contributed by atoms with Crippen LogP contribution in [0.15, 0.2) is 47.5 Å². The molecule has 0 radical (unpaired) electrons. The number of thioether (sulfide) groups is 1. The second kappa shape index (κ2) is 7.09. The molecule has 0 aromatic heterocycles. The molecule has 24 heavy (non-hydrogen) atoms. The number of hydrogen-bond donors (Lipinski definition) is 0. The average Bonchev–Trinajstić information content (AvgIpc) is 3.02. The molecule has 0 fully saturated rings. The van der Waals surface area contributed by atoms with Crippen LogP contribution in [0.2, 0.25) is 0 Å². The van der Waals surface area contributed by atoms with Crippen molar-refractivity contribution < 1.29 is 18.0 Å². The summed E-state index contributed by atoms with van der Waals surface area (Å²) in [7, 11) is 0. The fourth-order valence-electron chi connectivity index (χ4n) is 2.33. The number of hydrogen-bond acceptors (Lipinski definition) is 3. The number of nitrogens with zero attached hydrogens (tertiary/aromatic N) is 2. The topological polar surface area (TPSA) is 32.7 Å². The first-order chi connectivity index (χ1) is 11.6. The normalized spacial score (nSPS) is 14.0. The van der Waals surface area contributed by atoms with E-state index in [1.54, 1.807) is 18.2 Å². The number of amidine groups is 1. The lowest BCUT2D eigenvalue weighted by Gasteiger charge is -2.18. The molecule has 2 aromatic carbocycles. The van der Waals surface area contributed by atoms with Gasteiger partial charge in [0.2, 0.25) is 0 Å². The van der Waals surface area contributed by atoms with Crippen LogP contribution in [0.1, 0.15) is 15.9 Å². The third-order valence-corrected chi connectivity index (χ3v) is 4.60. The maximum absolute atomic E-state index is 13.8. The number of carbonyl (C=O) groups excluding carboxylic acids is 1. The molecule has 0 aliphatic carbocycles. The van der Waals surface area contributed by atoms with Crippen LogP contribution < -0.4 is 0 Å². The van der Waals surface area contributed by atoms with Gasteiger partial charge in [0.05, 0.1) is 6.54 Å². The van der Waals surface area contributed by atoms with Crippen molar-refractivity contribution >= 4 is 22.8 Å². The van der Waals surface area contributed by atoms with Crippen molar-refractivity contribution in [3.8, 4) is 0 Å². The average molecular weight is 350 g/mol. The van der Waals surface area contributed by atoms with Crippen LogP contribution in [0, 0.1) is 17.5 Å². The summed E-state index contributed by atoms with van der Waals surface area (Å²) >= 11 is 1.16. The Morgan fingerprint density at radius 1 is 1.04 bits per heavy atom. The van der Waals surface area contributed by atoms with Crippen LogP contribution in [0.3, 0.4) is 0 Å². The van der Waals surface area contributed by atoms with Gasteiger partial charge in [-0.05, 0) is 23.8 Å². The van der Waals surface area contributed by atoms with Crippen molar-refractivity contribution in [2.45, 2.75) is 5.75 Å². The van der Waals surface area contributed by atoms with Gasteiger partial charge < -0.3 is 0 Å². The molecule has 1 heterocycles. The predicted octanol–water partition coefficient (Wildman–Crippen LogP) is 3.85. The first-order valence-electron chi connectivity index (χ1n) is 7.24. The van der Waals surface area contributed by atoms with Gasteiger partial charge in [0, 0.05) is 12.3 Å². The largest absolute Gasteiger partial charge is 0.285 e. The lowest BCUT2D eigenvalue weighted by molar-refractivity contribution is 0.0851. The zero-order valence-corrected chi connectivity index (χ0v) is 13.3. The van der Waals surface area contributed by atoms with Gasteiger partial charge in [0.25, 0.3) is 5.91 Å². The molecule has 3 nitrogen and oxygen atoms in total. The minimum Gasteiger partial charge on any atom is -0.285 e. The summed E-state index contributed by atoms with van der Waals surface area (Å²) in [6.07, 6.45) is 0. The van der Waals surface area contributed by atoms with E-state index in [4.69, 9.17) is 0 Å². The highest BCUT2D eigenvalue weighted by molar-refractivity contribution is 8.13. The van der Waals surface area contributed by atoms with Crippen LogP contribution in [0.25, 0.3) is 0 Å². The third kappa shape index (κ3) is 3.31. The van der Waals surface area contributed by atoms with E-state index in [2.05, 4.69) is 4.99 Å². The number of benzene rings is 2. The Kier molecular flexibility index (Phi) is 4.89. The Bertz CT molecular complexity index is 790. The zero-order chi connectivity index (χ0) is 17.1. The summed E-state index contributed by atoms with van der Waals surface area (Å²) < 4.78 is 41.3. The third-order valence-electron chi connectivity index (χ3n) is 3.54. The van der Waals surface area contributed by atoms with Gasteiger partial charge in [-0.2, -0.15) is 0 Å². The van der Waals surface area contributed by atoms with Gasteiger partial charge in [0.1, 0.15) is 23.0 Å². The van der Waals surface area contributed by atoms with E-state index < -0.39 is 23.1 Å². The van der Waals surface area contributed by atoms with Crippen molar-refractivity contribution in [2.24, 2.45) is 4.99 Å². The molecule has 1 amide bonds. The summed E-state index contributed by atoms with van der Waals surface area (Å²) in [4.78, 5) is 17.9. The highest BCUT2D eigenvalue weighted by atomic mass is 32.2. The first kappa shape index (κ1) is 16.6. The molecule has 1 aliphatic rings. The highest BCUT2D eigenvalue weighted by Gasteiger charge is 2.29. The summed E-state index contributed by atoms with van der Waals surface area (Å²) in [5.74, 6) is -2.67. The van der Waals surface area contributed by atoms with Gasteiger partial charge in [-0.15, -0.1) is 0 Å². The number of halogens is 3. The summed E-state index contributed by atoms with van der Waals surface area (Å²) in [6.45, 7) is 0.591. The molecule has 2 aromatic rings. The quantitative estimate of drug-likeness (QED) is 0.842. The van der Waals surface area contributed by atoms with Gasteiger partial charge in [-0.1, -0.05) is 36.0 Å². The van der Waals surface area contributed by atoms with Crippen molar-refractivity contribution in [3.05, 3.63) is 71.0 Å². The molecule has 0 saturated heterocycles. The Morgan fingerprint density at radius 2 is 1.71 bits per heavy atom. The van der Waals surface area contributed by atoms with Crippen molar-refractivity contribution in [1.82, 2.24) is 4.90 Å². The molecule has 0 bridgehead atoms. The molecule has 0 atom stereocenters. The van der Waals surface area contributed by atoms with E-state index in [1.807, 2.05) is 0 Å². The van der Waals surface area contributed by atoms with Gasteiger partial charge in [-0.3, -0.25) is 14.7 Å². The fraction of sp³-hybridized carbons (Fsp3) is 0.176. The van der Waals surface area contributed by atoms with Crippen LogP contribution in [-0.2, 0) is 5.75 Å². The Balaban J connectivity index is 1.76. The Labute approximate surface area is 141 Å². The Morgan fingerprint density at radius 3 is 2.42 bits per heavy atom. The van der Waals surface area contributed by atoms with Crippen LogP contribution >= 0.6 is 11.8 Å². The molecule has 0 spiro atoms. The number of carbonyl (C=O) groups is 1. The van der Waals surface area contributed by atoms with E-state index in [9.17, 15) is 18.0 Å². The van der Waals surface area contributed by atoms with Gasteiger partial charge in [0.15, 0.2) is 5.17 Å². The molecule has 0 saturated carbocycles. The summed E-state index contributed by atoms with van der Waals surface area (Å²) in [6, 6.07) is 9.57. The van der Waals surface area contributed by atoms with Crippen molar-refractivity contribution in [3.63, 3.8) is 0 Å². The van der Waals surface area contributed by atoms with E-state index >= 15 is 0 Å². The Hall–Kier alpha value is -2.28. The van der Waals surface area contributed by atoms with E-state index in [1.165, 1.54) is 17.0 Å². The van der Waals surface area contributed by atoms with Crippen LogP contribution in [0.5, 0.6) is 0 Å². The SMILES string of the molecule is O=C(c1c(F)cccc1F)N1CCN=C1SCc1ccccc1F.